The molecule has 0 amide bonds. The van der Waals surface area contributed by atoms with Crippen LogP contribution >= 0.6 is 0 Å². The van der Waals surface area contributed by atoms with Crippen molar-refractivity contribution in [3.05, 3.63) is 36.0 Å². The Morgan fingerprint density at radius 3 is 2.10 bits per heavy atom. The zero-order valence-electron chi connectivity index (χ0n) is 12.1. The number of hydrogen-bond acceptors (Lipinski definition) is 4. The van der Waals surface area contributed by atoms with Crippen LogP contribution in [0.3, 0.4) is 0 Å². The fourth-order valence-electron chi connectivity index (χ4n) is 2.40. The van der Waals surface area contributed by atoms with Gasteiger partial charge in [-0.15, -0.1) is 0 Å². The van der Waals surface area contributed by atoms with Gasteiger partial charge in [-0.3, -0.25) is 9.59 Å². The zero-order valence-corrected chi connectivity index (χ0v) is 12.1. The molecule has 1 aliphatic carbocycles. The average Bonchev–Trinajstić information content (AvgIpc) is 2.33. The fourth-order valence-corrected chi connectivity index (χ4v) is 2.40. The minimum absolute atomic E-state index is 0.0754. The second kappa shape index (κ2) is 5.12. The van der Waals surface area contributed by atoms with Crippen LogP contribution in [-0.4, -0.2) is 18.6 Å². The van der Waals surface area contributed by atoms with Crippen molar-refractivity contribution in [3.63, 3.8) is 0 Å². The molecule has 20 heavy (non-hydrogen) atoms. The number of nitrogens with two attached hydrogens (primary N) is 1. The molecule has 0 atom stereocenters. The van der Waals surface area contributed by atoms with E-state index in [1.807, 2.05) is 33.0 Å². The predicted octanol–water partition coefficient (Wildman–Crippen LogP) is 2.55. The van der Waals surface area contributed by atoms with Gasteiger partial charge in [0.2, 0.25) is 0 Å². The average molecular weight is 272 g/mol. The highest BCUT2D eigenvalue weighted by molar-refractivity contribution is 6.22. The summed E-state index contributed by atoms with van der Waals surface area (Å²) in [7, 11) is 1.82. The summed E-state index contributed by atoms with van der Waals surface area (Å²) >= 11 is 0. The molecule has 0 aliphatic heterocycles. The minimum atomic E-state index is -0.231. The molecule has 0 unspecified atom stereocenters. The van der Waals surface area contributed by atoms with Gasteiger partial charge in [-0.2, -0.15) is 0 Å². The maximum absolute atomic E-state index is 12.1. The standard InChI is InChI=1S/C16H20N2O2/c1-16(2)8-14(19)13(15(20)9-16)10-18(3)12-6-4-11(17)5-7-12/h4-7,10H,8-9,17H2,1-3H3. The van der Waals surface area contributed by atoms with E-state index in [4.69, 9.17) is 5.73 Å². The Balaban J connectivity index is 2.24. The molecule has 0 aromatic heterocycles. The first-order valence-corrected chi connectivity index (χ1v) is 6.65. The molecule has 2 N–H and O–H groups in total. The van der Waals surface area contributed by atoms with E-state index in [2.05, 4.69) is 0 Å². The van der Waals surface area contributed by atoms with Gasteiger partial charge in [0.15, 0.2) is 11.6 Å². The molecule has 0 radical (unpaired) electrons. The number of carbonyl (C=O) groups is 2. The van der Waals surface area contributed by atoms with Crippen LogP contribution in [0.1, 0.15) is 26.7 Å². The number of Topliss-reactive ketones (excluding diaryl/α,β-unsaturated/α-hetero) is 2. The summed E-state index contributed by atoms with van der Waals surface area (Å²) in [6.07, 6.45) is 2.46. The number of rotatable bonds is 2. The second-order valence-corrected chi connectivity index (χ2v) is 6.11. The third-order valence-electron chi connectivity index (χ3n) is 3.50. The summed E-state index contributed by atoms with van der Waals surface area (Å²) in [5.41, 5.74) is 7.28. The molecular weight excluding hydrogens is 252 g/mol. The van der Waals surface area contributed by atoms with E-state index < -0.39 is 0 Å². The fraction of sp³-hybridized carbons (Fsp3) is 0.375. The smallest absolute Gasteiger partial charge is 0.168 e. The van der Waals surface area contributed by atoms with Crippen LogP contribution in [0.4, 0.5) is 11.4 Å². The number of allylic oxidation sites excluding steroid dienone is 1. The summed E-state index contributed by atoms with van der Waals surface area (Å²) in [5.74, 6) is -0.151. The molecule has 1 aromatic carbocycles. The molecule has 4 nitrogen and oxygen atoms in total. The maximum Gasteiger partial charge on any atom is 0.168 e. The lowest BCUT2D eigenvalue weighted by Gasteiger charge is -2.29. The van der Waals surface area contributed by atoms with Gasteiger partial charge in [0.1, 0.15) is 0 Å². The molecule has 2 rings (SSSR count). The first-order chi connectivity index (χ1) is 9.28. The lowest BCUT2D eigenvalue weighted by molar-refractivity contribution is -0.127. The molecule has 1 fully saturated rings. The van der Waals surface area contributed by atoms with Crippen LogP contribution in [-0.2, 0) is 9.59 Å². The minimum Gasteiger partial charge on any atom is -0.399 e. The lowest BCUT2D eigenvalue weighted by atomic mass is 9.74. The van der Waals surface area contributed by atoms with Gasteiger partial charge in [-0.25, -0.2) is 0 Å². The first-order valence-electron chi connectivity index (χ1n) is 6.65. The van der Waals surface area contributed by atoms with Crippen molar-refractivity contribution < 1.29 is 9.59 Å². The Labute approximate surface area is 119 Å². The Morgan fingerprint density at radius 2 is 1.60 bits per heavy atom. The molecule has 0 heterocycles. The van der Waals surface area contributed by atoms with Crippen molar-refractivity contribution >= 4 is 22.9 Å². The summed E-state index contributed by atoms with van der Waals surface area (Å²) in [4.78, 5) is 26.0. The van der Waals surface area contributed by atoms with E-state index in [0.717, 1.165) is 5.69 Å². The zero-order chi connectivity index (χ0) is 14.9. The van der Waals surface area contributed by atoms with E-state index >= 15 is 0 Å². The maximum atomic E-state index is 12.1. The summed E-state index contributed by atoms with van der Waals surface area (Å²) in [6, 6.07) is 7.29. The summed E-state index contributed by atoms with van der Waals surface area (Å²) in [6.45, 7) is 3.90. The van der Waals surface area contributed by atoms with E-state index in [1.165, 1.54) is 0 Å². The highest BCUT2D eigenvalue weighted by atomic mass is 16.2. The Hall–Kier alpha value is -2.10. The highest BCUT2D eigenvalue weighted by Gasteiger charge is 2.35. The number of anilines is 2. The molecular formula is C16H20N2O2. The van der Waals surface area contributed by atoms with Crippen LogP contribution in [0, 0.1) is 5.41 Å². The van der Waals surface area contributed by atoms with Crippen LogP contribution < -0.4 is 10.6 Å². The van der Waals surface area contributed by atoms with Crippen molar-refractivity contribution in [1.82, 2.24) is 0 Å². The molecule has 106 valence electrons. The predicted molar refractivity (Wildman–Crippen MR) is 80.4 cm³/mol. The van der Waals surface area contributed by atoms with Crippen molar-refractivity contribution in [3.8, 4) is 0 Å². The van der Waals surface area contributed by atoms with Gasteiger partial charge in [0.05, 0.1) is 5.57 Å². The monoisotopic (exact) mass is 272 g/mol. The molecule has 1 aliphatic rings. The van der Waals surface area contributed by atoms with E-state index in [9.17, 15) is 9.59 Å². The SMILES string of the molecule is CN(C=C1C(=O)CC(C)(C)CC1=O)c1ccc(N)cc1. The number of carbonyl (C=O) groups excluding carboxylic acids is 2. The molecule has 0 spiro atoms. The van der Waals surface area contributed by atoms with Gasteiger partial charge >= 0.3 is 0 Å². The van der Waals surface area contributed by atoms with Crippen molar-refractivity contribution in [2.45, 2.75) is 26.7 Å². The van der Waals surface area contributed by atoms with Gasteiger partial charge in [0.25, 0.3) is 0 Å². The molecule has 0 bridgehead atoms. The van der Waals surface area contributed by atoms with E-state index in [-0.39, 0.29) is 17.0 Å². The van der Waals surface area contributed by atoms with Crippen LogP contribution in [0.2, 0.25) is 0 Å². The Bertz CT molecular complexity index is 549. The molecule has 0 saturated heterocycles. The van der Waals surface area contributed by atoms with Gasteiger partial charge in [-0.1, -0.05) is 13.8 Å². The lowest BCUT2D eigenvalue weighted by Crippen LogP contribution is -2.32. The van der Waals surface area contributed by atoms with Crippen LogP contribution in [0.5, 0.6) is 0 Å². The van der Waals surface area contributed by atoms with Crippen LogP contribution in [0.15, 0.2) is 36.0 Å². The number of nitrogen functional groups attached to an aromatic ring is 1. The number of benzene rings is 1. The van der Waals surface area contributed by atoms with E-state index in [0.29, 0.717) is 24.1 Å². The number of hydrogen-bond donors (Lipinski definition) is 1. The van der Waals surface area contributed by atoms with Crippen LogP contribution in [0.25, 0.3) is 0 Å². The van der Waals surface area contributed by atoms with Crippen molar-refractivity contribution in [2.24, 2.45) is 5.41 Å². The number of nitrogens with zero attached hydrogens (tertiary/aromatic N) is 1. The first kappa shape index (κ1) is 14.3. The van der Waals surface area contributed by atoms with Gasteiger partial charge in [0, 0.05) is 37.5 Å². The van der Waals surface area contributed by atoms with E-state index in [1.54, 1.807) is 23.2 Å². The molecule has 4 heteroatoms. The topological polar surface area (TPSA) is 63.4 Å². The van der Waals surface area contributed by atoms with Crippen molar-refractivity contribution in [2.75, 3.05) is 17.7 Å². The Morgan fingerprint density at radius 1 is 1.10 bits per heavy atom. The summed E-state index contributed by atoms with van der Waals surface area (Å²) < 4.78 is 0. The van der Waals surface area contributed by atoms with Gasteiger partial charge < -0.3 is 10.6 Å². The second-order valence-electron chi connectivity index (χ2n) is 6.11. The van der Waals surface area contributed by atoms with Crippen molar-refractivity contribution in [1.29, 1.82) is 0 Å². The highest BCUT2D eigenvalue weighted by Crippen LogP contribution is 2.33. The normalized spacial score (nSPS) is 18.1. The van der Waals surface area contributed by atoms with Gasteiger partial charge in [-0.05, 0) is 29.7 Å². The summed E-state index contributed by atoms with van der Waals surface area (Å²) in [5, 5.41) is 0. The third kappa shape index (κ3) is 3.07. The molecule has 1 aromatic rings. The Kier molecular flexibility index (Phi) is 3.66. The number of ketones is 2. The quantitative estimate of drug-likeness (QED) is 0.510. The largest absolute Gasteiger partial charge is 0.399 e. The molecule has 1 saturated carbocycles. The third-order valence-corrected chi connectivity index (χ3v) is 3.50.